The van der Waals surface area contributed by atoms with Crippen molar-refractivity contribution in [3.8, 4) is 11.1 Å². The molecule has 0 saturated heterocycles. The fourth-order valence-corrected chi connectivity index (χ4v) is 1.73. The fraction of sp³-hybridized carbons (Fsp3) is 0. The van der Waals surface area contributed by atoms with E-state index in [0.717, 1.165) is 6.07 Å². The molecule has 1 N–H and O–H groups in total. The van der Waals surface area contributed by atoms with E-state index in [1.54, 1.807) is 6.07 Å². The lowest BCUT2D eigenvalue weighted by Crippen LogP contribution is -1.94. The first kappa shape index (κ1) is 10.8. The first-order chi connectivity index (χ1) is 8.66. The van der Waals surface area contributed by atoms with Gasteiger partial charge in [-0.15, -0.1) is 0 Å². The maximum atomic E-state index is 13.6. The molecule has 3 rings (SSSR count). The molecule has 0 unspecified atom stereocenters. The van der Waals surface area contributed by atoms with E-state index in [1.807, 2.05) is 0 Å². The smallest absolute Gasteiger partial charge is 0.195 e. The van der Waals surface area contributed by atoms with Crippen molar-refractivity contribution in [3.05, 3.63) is 48.0 Å². The Morgan fingerprint density at radius 1 is 1.00 bits per heavy atom. The van der Waals surface area contributed by atoms with Gasteiger partial charge in [-0.05, 0) is 18.2 Å². The van der Waals surface area contributed by atoms with Crippen molar-refractivity contribution in [1.82, 2.24) is 15.2 Å². The van der Waals surface area contributed by atoms with E-state index >= 15 is 0 Å². The lowest BCUT2D eigenvalue weighted by atomic mass is 10.1. The van der Waals surface area contributed by atoms with Crippen LogP contribution < -0.4 is 0 Å². The topological polar surface area (TPSA) is 41.6 Å². The number of fused-ring (bicyclic) bond motifs is 1. The van der Waals surface area contributed by atoms with E-state index < -0.39 is 17.5 Å². The molecule has 18 heavy (non-hydrogen) atoms. The zero-order chi connectivity index (χ0) is 12.7. The Bertz CT molecular complexity index is 737. The highest BCUT2D eigenvalue weighted by molar-refractivity contribution is 5.79. The predicted octanol–water partition coefficient (Wildman–Crippen LogP) is 3.04. The summed E-state index contributed by atoms with van der Waals surface area (Å²) in [6.45, 7) is 0. The Kier molecular flexibility index (Phi) is 2.29. The lowest BCUT2D eigenvalue weighted by molar-refractivity contribution is 0.449. The third kappa shape index (κ3) is 1.54. The number of aromatic nitrogens is 3. The molecule has 0 aliphatic rings. The van der Waals surface area contributed by atoms with E-state index in [-0.39, 0.29) is 5.56 Å². The minimum atomic E-state index is -1.49. The fourth-order valence-electron chi connectivity index (χ4n) is 1.73. The van der Waals surface area contributed by atoms with Gasteiger partial charge in [-0.1, -0.05) is 0 Å². The highest BCUT2D eigenvalue weighted by Crippen LogP contribution is 2.26. The van der Waals surface area contributed by atoms with Gasteiger partial charge in [0.2, 0.25) is 0 Å². The zero-order valence-corrected chi connectivity index (χ0v) is 8.92. The summed E-state index contributed by atoms with van der Waals surface area (Å²) in [6, 6.07) is 3.63. The summed E-state index contributed by atoms with van der Waals surface area (Å²) in [7, 11) is 0. The van der Waals surface area contributed by atoms with Crippen molar-refractivity contribution in [1.29, 1.82) is 0 Å². The maximum absolute atomic E-state index is 13.6. The number of pyridine rings is 1. The van der Waals surface area contributed by atoms with E-state index in [4.69, 9.17) is 0 Å². The number of hydrogen-bond donors (Lipinski definition) is 1. The second-order valence-corrected chi connectivity index (χ2v) is 3.75. The summed E-state index contributed by atoms with van der Waals surface area (Å²) < 4.78 is 39.6. The Morgan fingerprint density at radius 3 is 2.67 bits per heavy atom. The molecule has 2 aromatic heterocycles. The van der Waals surface area contributed by atoms with Gasteiger partial charge in [-0.25, -0.2) is 13.2 Å². The number of rotatable bonds is 1. The van der Waals surface area contributed by atoms with Crippen molar-refractivity contribution < 1.29 is 13.2 Å². The molecule has 3 nitrogen and oxygen atoms in total. The number of nitrogens with zero attached hydrogens (tertiary/aromatic N) is 2. The van der Waals surface area contributed by atoms with Crippen molar-refractivity contribution >= 4 is 11.0 Å². The van der Waals surface area contributed by atoms with E-state index in [2.05, 4.69) is 15.2 Å². The predicted molar refractivity (Wildman–Crippen MR) is 59.2 cm³/mol. The molecule has 90 valence electrons. The molecule has 0 amide bonds. The van der Waals surface area contributed by atoms with Crippen molar-refractivity contribution in [2.24, 2.45) is 0 Å². The SMILES string of the molecule is Fc1ccc(-c2cnc3cn[nH]c3c2)c(F)c1F. The Labute approximate surface area is 99.3 Å². The largest absolute Gasteiger partial charge is 0.276 e. The molecule has 6 heteroatoms. The molecule has 1 aromatic carbocycles. The van der Waals surface area contributed by atoms with Gasteiger partial charge in [0.25, 0.3) is 0 Å². The number of halogens is 3. The molecule has 3 aromatic rings. The normalized spacial score (nSPS) is 11.1. The number of aromatic amines is 1. The van der Waals surface area contributed by atoms with Crippen LogP contribution in [-0.4, -0.2) is 15.2 Å². The number of hydrogen-bond acceptors (Lipinski definition) is 2. The van der Waals surface area contributed by atoms with Crippen LogP contribution in [0, 0.1) is 17.5 Å². The van der Waals surface area contributed by atoms with Gasteiger partial charge in [0.05, 0.1) is 11.7 Å². The molecule has 0 saturated carbocycles. The maximum Gasteiger partial charge on any atom is 0.195 e. The Balaban J connectivity index is 2.22. The molecule has 0 aliphatic carbocycles. The molecule has 2 heterocycles. The molecule has 0 fully saturated rings. The van der Waals surface area contributed by atoms with Crippen LogP contribution >= 0.6 is 0 Å². The molecule has 0 atom stereocenters. The first-order valence-corrected chi connectivity index (χ1v) is 5.10. The summed E-state index contributed by atoms with van der Waals surface area (Å²) in [5.74, 6) is -3.93. The van der Waals surface area contributed by atoms with Gasteiger partial charge < -0.3 is 0 Å². The molecular formula is C12H6F3N3. The average Bonchev–Trinajstić information content (AvgIpc) is 2.83. The molecule has 0 spiro atoms. The Hall–Kier alpha value is -2.37. The average molecular weight is 249 g/mol. The van der Waals surface area contributed by atoms with Crippen LogP contribution in [0.2, 0.25) is 0 Å². The summed E-state index contributed by atoms with van der Waals surface area (Å²) in [5, 5.41) is 6.45. The number of H-pyrrole nitrogens is 1. The number of nitrogens with one attached hydrogen (secondary N) is 1. The lowest BCUT2D eigenvalue weighted by Gasteiger charge is -2.04. The van der Waals surface area contributed by atoms with Crippen LogP contribution in [-0.2, 0) is 0 Å². The monoisotopic (exact) mass is 249 g/mol. The molecular weight excluding hydrogens is 243 g/mol. The Morgan fingerprint density at radius 2 is 1.83 bits per heavy atom. The van der Waals surface area contributed by atoms with Crippen molar-refractivity contribution in [2.45, 2.75) is 0 Å². The van der Waals surface area contributed by atoms with Crippen molar-refractivity contribution in [2.75, 3.05) is 0 Å². The summed E-state index contributed by atoms with van der Waals surface area (Å²) >= 11 is 0. The van der Waals surface area contributed by atoms with Gasteiger partial charge in [-0.2, -0.15) is 5.10 Å². The van der Waals surface area contributed by atoms with Crippen LogP contribution in [0.5, 0.6) is 0 Å². The molecule has 0 bridgehead atoms. The summed E-state index contributed by atoms with van der Waals surface area (Å²) in [6.07, 6.45) is 2.90. The van der Waals surface area contributed by atoms with Gasteiger partial charge >= 0.3 is 0 Å². The standard InChI is InChI=1S/C12H6F3N3/c13-8-2-1-7(11(14)12(8)15)6-3-9-10(16-4-6)5-17-18-9/h1-5H,(H,17,18). The van der Waals surface area contributed by atoms with E-state index in [0.29, 0.717) is 16.6 Å². The third-order valence-electron chi connectivity index (χ3n) is 2.64. The van der Waals surface area contributed by atoms with Gasteiger partial charge in [0.15, 0.2) is 17.5 Å². The van der Waals surface area contributed by atoms with Crippen LogP contribution in [0.25, 0.3) is 22.2 Å². The second kappa shape index (κ2) is 3.83. The van der Waals surface area contributed by atoms with Crippen LogP contribution in [0.3, 0.4) is 0 Å². The van der Waals surface area contributed by atoms with Gasteiger partial charge in [0, 0.05) is 17.3 Å². The van der Waals surface area contributed by atoms with Gasteiger partial charge in [-0.3, -0.25) is 10.1 Å². The first-order valence-electron chi connectivity index (χ1n) is 5.10. The minimum absolute atomic E-state index is 0.0436. The van der Waals surface area contributed by atoms with E-state index in [1.165, 1.54) is 18.5 Å². The van der Waals surface area contributed by atoms with Crippen LogP contribution in [0.15, 0.2) is 30.6 Å². The minimum Gasteiger partial charge on any atom is -0.276 e. The van der Waals surface area contributed by atoms with Crippen LogP contribution in [0.4, 0.5) is 13.2 Å². The highest BCUT2D eigenvalue weighted by Gasteiger charge is 2.15. The zero-order valence-electron chi connectivity index (χ0n) is 8.92. The quantitative estimate of drug-likeness (QED) is 0.673. The summed E-state index contributed by atoms with van der Waals surface area (Å²) in [4.78, 5) is 4.03. The second-order valence-electron chi connectivity index (χ2n) is 3.75. The van der Waals surface area contributed by atoms with Crippen molar-refractivity contribution in [3.63, 3.8) is 0 Å². The van der Waals surface area contributed by atoms with Gasteiger partial charge in [0.1, 0.15) is 5.52 Å². The third-order valence-corrected chi connectivity index (χ3v) is 2.64. The number of benzene rings is 1. The van der Waals surface area contributed by atoms with Crippen LogP contribution in [0.1, 0.15) is 0 Å². The molecule has 0 radical (unpaired) electrons. The highest BCUT2D eigenvalue weighted by atomic mass is 19.2. The summed E-state index contributed by atoms with van der Waals surface area (Å²) in [5.41, 5.74) is 1.51. The van der Waals surface area contributed by atoms with E-state index in [9.17, 15) is 13.2 Å². The molecule has 0 aliphatic heterocycles.